The predicted octanol–water partition coefficient (Wildman–Crippen LogP) is 2.59. The molecule has 18 heavy (non-hydrogen) atoms. The first kappa shape index (κ1) is 12.7. The minimum atomic E-state index is 0.827. The molecule has 0 atom stereocenters. The SMILES string of the molecule is c1ccc(CCCCNCc2ccncn2)cc1. The van der Waals surface area contributed by atoms with Crippen LogP contribution in [0.2, 0.25) is 0 Å². The van der Waals surface area contributed by atoms with Gasteiger partial charge in [-0.2, -0.15) is 0 Å². The number of unbranched alkanes of at least 4 members (excludes halogenated alkanes) is 1. The van der Waals surface area contributed by atoms with E-state index in [1.165, 1.54) is 18.4 Å². The lowest BCUT2D eigenvalue weighted by Gasteiger charge is -2.04. The van der Waals surface area contributed by atoms with Gasteiger partial charge in [0.25, 0.3) is 0 Å². The average molecular weight is 241 g/mol. The topological polar surface area (TPSA) is 37.8 Å². The van der Waals surface area contributed by atoms with Crippen molar-refractivity contribution in [3.05, 3.63) is 60.2 Å². The average Bonchev–Trinajstić information content (AvgIpc) is 2.45. The highest BCUT2D eigenvalue weighted by Gasteiger charge is 1.94. The van der Waals surface area contributed by atoms with Crippen LogP contribution in [0.5, 0.6) is 0 Å². The lowest BCUT2D eigenvalue weighted by atomic mass is 10.1. The third kappa shape index (κ3) is 4.63. The Labute approximate surface area is 108 Å². The summed E-state index contributed by atoms with van der Waals surface area (Å²) in [6, 6.07) is 12.6. The molecule has 1 aromatic carbocycles. The van der Waals surface area contributed by atoms with Crippen molar-refractivity contribution in [3.8, 4) is 0 Å². The van der Waals surface area contributed by atoms with E-state index in [-0.39, 0.29) is 0 Å². The van der Waals surface area contributed by atoms with Crippen molar-refractivity contribution >= 4 is 0 Å². The van der Waals surface area contributed by atoms with Crippen molar-refractivity contribution in [1.29, 1.82) is 0 Å². The maximum Gasteiger partial charge on any atom is 0.115 e. The first-order valence-electron chi connectivity index (χ1n) is 6.45. The van der Waals surface area contributed by atoms with Crippen molar-refractivity contribution in [1.82, 2.24) is 15.3 Å². The summed E-state index contributed by atoms with van der Waals surface area (Å²) < 4.78 is 0. The maximum atomic E-state index is 4.17. The van der Waals surface area contributed by atoms with Crippen molar-refractivity contribution in [2.24, 2.45) is 0 Å². The lowest BCUT2D eigenvalue weighted by molar-refractivity contribution is 0.615. The molecule has 0 saturated heterocycles. The van der Waals surface area contributed by atoms with Crippen molar-refractivity contribution < 1.29 is 0 Å². The minimum absolute atomic E-state index is 0.827. The van der Waals surface area contributed by atoms with Crippen LogP contribution in [0.1, 0.15) is 24.1 Å². The molecular weight excluding hydrogens is 222 g/mol. The second-order valence-electron chi connectivity index (χ2n) is 4.32. The van der Waals surface area contributed by atoms with Crippen LogP contribution in [-0.2, 0) is 13.0 Å². The zero-order valence-corrected chi connectivity index (χ0v) is 10.5. The Kier molecular flexibility index (Phi) is 5.34. The van der Waals surface area contributed by atoms with Crippen LogP contribution < -0.4 is 5.32 Å². The van der Waals surface area contributed by atoms with Crippen molar-refractivity contribution in [2.45, 2.75) is 25.8 Å². The first-order chi connectivity index (χ1) is 8.95. The molecular formula is C15H19N3. The first-order valence-corrected chi connectivity index (χ1v) is 6.45. The predicted molar refractivity (Wildman–Crippen MR) is 73.1 cm³/mol. The molecule has 2 aromatic rings. The molecule has 0 radical (unpaired) electrons. The molecule has 0 aliphatic carbocycles. The van der Waals surface area contributed by atoms with Crippen LogP contribution in [0, 0.1) is 0 Å². The van der Waals surface area contributed by atoms with E-state index >= 15 is 0 Å². The summed E-state index contributed by atoms with van der Waals surface area (Å²) in [7, 11) is 0. The summed E-state index contributed by atoms with van der Waals surface area (Å²) in [6.45, 7) is 1.87. The molecule has 1 heterocycles. The molecule has 0 aliphatic heterocycles. The zero-order valence-electron chi connectivity index (χ0n) is 10.5. The Morgan fingerprint density at radius 3 is 2.67 bits per heavy atom. The number of hydrogen-bond donors (Lipinski definition) is 1. The van der Waals surface area contributed by atoms with E-state index in [9.17, 15) is 0 Å². The fourth-order valence-electron chi connectivity index (χ4n) is 1.86. The number of aromatic nitrogens is 2. The van der Waals surface area contributed by atoms with Gasteiger partial charge >= 0.3 is 0 Å². The highest BCUT2D eigenvalue weighted by Crippen LogP contribution is 2.03. The summed E-state index contributed by atoms with van der Waals surface area (Å²) >= 11 is 0. The second-order valence-corrected chi connectivity index (χ2v) is 4.32. The number of rotatable bonds is 7. The highest BCUT2D eigenvalue weighted by atomic mass is 14.9. The van der Waals surface area contributed by atoms with Gasteiger partial charge in [-0.3, -0.25) is 0 Å². The third-order valence-electron chi connectivity index (χ3n) is 2.86. The summed E-state index contributed by atoms with van der Waals surface area (Å²) in [5, 5.41) is 3.40. The molecule has 0 unspecified atom stereocenters. The Hall–Kier alpha value is -1.74. The van der Waals surface area contributed by atoms with Crippen LogP contribution in [0.25, 0.3) is 0 Å². The quantitative estimate of drug-likeness (QED) is 0.757. The molecule has 0 aliphatic rings. The summed E-state index contributed by atoms with van der Waals surface area (Å²) in [5.74, 6) is 0. The van der Waals surface area contributed by atoms with Gasteiger partial charge in [-0.25, -0.2) is 9.97 Å². The molecule has 0 bridgehead atoms. The molecule has 1 aromatic heterocycles. The molecule has 3 nitrogen and oxygen atoms in total. The Bertz CT molecular complexity index is 385. The van der Waals surface area contributed by atoms with E-state index in [2.05, 4.69) is 45.6 Å². The normalized spacial score (nSPS) is 10.4. The number of nitrogens with zero attached hydrogens (tertiary/aromatic N) is 2. The molecule has 2 rings (SSSR count). The molecule has 0 amide bonds. The molecule has 94 valence electrons. The van der Waals surface area contributed by atoms with Gasteiger partial charge in [-0.15, -0.1) is 0 Å². The van der Waals surface area contributed by atoms with Crippen molar-refractivity contribution in [2.75, 3.05) is 6.54 Å². The minimum Gasteiger partial charge on any atom is -0.311 e. The van der Waals surface area contributed by atoms with Crippen LogP contribution >= 0.6 is 0 Å². The third-order valence-corrected chi connectivity index (χ3v) is 2.86. The van der Waals surface area contributed by atoms with Gasteiger partial charge in [-0.05, 0) is 37.4 Å². The van der Waals surface area contributed by atoms with E-state index < -0.39 is 0 Å². The van der Waals surface area contributed by atoms with Gasteiger partial charge in [0.1, 0.15) is 6.33 Å². The Morgan fingerprint density at radius 2 is 1.89 bits per heavy atom. The fourth-order valence-corrected chi connectivity index (χ4v) is 1.86. The van der Waals surface area contributed by atoms with Gasteiger partial charge in [0, 0.05) is 12.7 Å². The van der Waals surface area contributed by atoms with Crippen LogP contribution in [0.4, 0.5) is 0 Å². The number of aryl methyl sites for hydroxylation is 1. The Morgan fingerprint density at radius 1 is 1.00 bits per heavy atom. The summed E-state index contributed by atoms with van der Waals surface area (Å²) in [5.41, 5.74) is 2.47. The number of nitrogens with one attached hydrogen (secondary N) is 1. The molecule has 0 fully saturated rings. The van der Waals surface area contributed by atoms with Gasteiger partial charge in [-0.1, -0.05) is 30.3 Å². The second kappa shape index (κ2) is 7.56. The monoisotopic (exact) mass is 241 g/mol. The van der Waals surface area contributed by atoms with Gasteiger partial charge in [0.2, 0.25) is 0 Å². The number of benzene rings is 1. The van der Waals surface area contributed by atoms with Gasteiger partial charge < -0.3 is 5.32 Å². The van der Waals surface area contributed by atoms with Crippen LogP contribution in [-0.4, -0.2) is 16.5 Å². The van der Waals surface area contributed by atoms with Crippen LogP contribution in [0.15, 0.2) is 48.9 Å². The maximum absolute atomic E-state index is 4.17. The van der Waals surface area contributed by atoms with Gasteiger partial charge in [0.05, 0.1) is 5.69 Å². The van der Waals surface area contributed by atoms with E-state index in [4.69, 9.17) is 0 Å². The standard InChI is InChI=1S/C15H19N3/c1-2-6-14(7-3-1)8-4-5-10-16-12-15-9-11-17-13-18-15/h1-3,6-7,9,11,13,16H,4-5,8,10,12H2. The largest absolute Gasteiger partial charge is 0.311 e. The zero-order chi connectivity index (χ0) is 12.5. The van der Waals surface area contributed by atoms with E-state index in [1.807, 2.05) is 6.07 Å². The summed E-state index contributed by atoms with van der Waals surface area (Å²) in [4.78, 5) is 8.07. The molecule has 3 heteroatoms. The lowest BCUT2D eigenvalue weighted by Crippen LogP contribution is -2.15. The number of hydrogen-bond acceptors (Lipinski definition) is 3. The van der Waals surface area contributed by atoms with E-state index in [1.54, 1.807) is 12.5 Å². The summed E-state index contributed by atoms with van der Waals surface area (Å²) in [6.07, 6.45) is 6.95. The molecule has 0 saturated carbocycles. The van der Waals surface area contributed by atoms with Crippen LogP contribution in [0.3, 0.4) is 0 Å². The van der Waals surface area contributed by atoms with E-state index in [0.717, 1.165) is 25.2 Å². The van der Waals surface area contributed by atoms with Crippen molar-refractivity contribution in [3.63, 3.8) is 0 Å². The van der Waals surface area contributed by atoms with E-state index in [0.29, 0.717) is 0 Å². The Balaban J connectivity index is 1.54. The molecule has 0 spiro atoms. The molecule has 1 N–H and O–H groups in total. The smallest absolute Gasteiger partial charge is 0.115 e. The highest BCUT2D eigenvalue weighted by molar-refractivity contribution is 5.14. The fraction of sp³-hybridized carbons (Fsp3) is 0.333. The van der Waals surface area contributed by atoms with Gasteiger partial charge in [0.15, 0.2) is 0 Å².